The molecule has 0 aliphatic heterocycles. The van der Waals surface area contributed by atoms with Crippen molar-refractivity contribution in [3.05, 3.63) is 23.7 Å². The molecule has 1 aromatic heterocycles. The summed E-state index contributed by atoms with van der Waals surface area (Å²) in [4.78, 5) is 11.0. The van der Waals surface area contributed by atoms with E-state index >= 15 is 0 Å². The third kappa shape index (κ3) is 1.48. The van der Waals surface area contributed by atoms with Gasteiger partial charge in [-0.1, -0.05) is 6.42 Å². The van der Waals surface area contributed by atoms with E-state index in [-0.39, 0.29) is 5.76 Å². The van der Waals surface area contributed by atoms with Crippen molar-refractivity contribution in [1.29, 1.82) is 0 Å². The number of aliphatic carboxylic acids is 1. The number of hydrogen-bond acceptors (Lipinski definition) is 2. The van der Waals surface area contributed by atoms with Gasteiger partial charge in [-0.2, -0.15) is 13.2 Å². The van der Waals surface area contributed by atoms with E-state index in [4.69, 9.17) is 5.11 Å². The number of carboxylic acids is 1. The van der Waals surface area contributed by atoms with Gasteiger partial charge < -0.3 is 9.52 Å². The van der Waals surface area contributed by atoms with Gasteiger partial charge in [0.15, 0.2) is 0 Å². The van der Waals surface area contributed by atoms with Crippen LogP contribution in [0.1, 0.15) is 30.8 Å². The standard InChI is InChI=1S/C10H9F3O3/c11-10(12,13)7-3-2-6(16-7)9(8(14)15)4-1-5-9/h2-3H,1,4-5H2,(H,14,15). The number of rotatable bonds is 2. The molecule has 16 heavy (non-hydrogen) atoms. The van der Waals surface area contributed by atoms with Gasteiger partial charge in [-0.3, -0.25) is 4.79 Å². The second-order valence-corrected chi connectivity index (χ2v) is 3.90. The second-order valence-electron chi connectivity index (χ2n) is 3.90. The van der Waals surface area contributed by atoms with E-state index in [1.165, 1.54) is 0 Å². The molecular formula is C10H9F3O3. The highest BCUT2D eigenvalue weighted by atomic mass is 19.4. The summed E-state index contributed by atoms with van der Waals surface area (Å²) in [6, 6.07) is 1.88. The molecule has 0 atom stereocenters. The zero-order valence-corrected chi connectivity index (χ0v) is 8.17. The monoisotopic (exact) mass is 234 g/mol. The molecule has 1 aliphatic carbocycles. The van der Waals surface area contributed by atoms with Gasteiger partial charge in [0.2, 0.25) is 5.76 Å². The van der Waals surface area contributed by atoms with Crippen LogP contribution in [0.5, 0.6) is 0 Å². The van der Waals surface area contributed by atoms with Crippen LogP contribution in [0.4, 0.5) is 13.2 Å². The van der Waals surface area contributed by atoms with Gasteiger partial charge in [0.25, 0.3) is 0 Å². The van der Waals surface area contributed by atoms with Crippen LogP contribution >= 0.6 is 0 Å². The molecule has 1 heterocycles. The highest BCUT2D eigenvalue weighted by Gasteiger charge is 2.49. The van der Waals surface area contributed by atoms with Crippen molar-refractivity contribution in [3.63, 3.8) is 0 Å². The predicted octanol–water partition coefficient (Wildman–Crippen LogP) is 2.80. The van der Waals surface area contributed by atoms with Crippen LogP contribution in [0, 0.1) is 0 Å². The quantitative estimate of drug-likeness (QED) is 0.855. The molecular weight excluding hydrogens is 225 g/mol. The van der Waals surface area contributed by atoms with Crippen molar-refractivity contribution in [2.45, 2.75) is 30.9 Å². The summed E-state index contributed by atoms with van der Waals surface area (Å²) in [7, 11) is 0. The number of carboxylic acid groups (broad SMARTS) is 1. The third-order valence-electron chi connectivity index (χ3n) is 2.97. The Bertz CT molecular complexity index is 415. The Hall–Kier alpha value is -1.46. The first-order chi connectivity index (χ1) is 7.36. The smallest absolute Gasteiger partial charge is 0.449 e. The first-order valence-electron chi connectivity index (χ1n) is 4.77. The van der Waals surface area contributed by atoms with E-state index in [9.17, 15) is 18.0 Å². The molecule has 0 saturated heterocycles. The molecule has 88 valence electrons. The second kappa shape index (κ2) is 3.26. The summed E-state index contributed by atoms with van der Waals surface area (Å²) in [5, 5.41) is 9.01. The molecule has 1 fully saturated rings. The van der Waals surface area contributed by atoms with E-state index < -0.39 is 23.3 Å². The van der Waals surface area contributed by atoms with Crippen LogP contribution in [0.25, 0.3) is 0 Å². The van der Waals surface area contributed by atoms with E-state index in [1.54, 1.807) is 0 Å². The lowest BCUT2D eigenvalue weighted by molar-refractivity contribution is -0.157. The fourth-order valence-corrected chi connectivity index (χ4v) is 1.84. The Labute approximate surface area is 88.9 Å². The fourth-order valence-electron chi connectivity index (χ4n) is 1.84. The van der Waals surface area contributed by atoms with E-state index in [0.717, 1.165) is 12.1 Å². The van der Waals surface area contributed by atoms with Crippen LogP contribution in [-0.4, -0.2) is 11.1 Å². The maximum atomic E-state index is 12.3. The van der Waals surface area contributed by atoms with E-state index in [1.807, 2.05) is 0 Å². The number of halogens is 3. The Balaban J connectivity index is 2.35. The van der Waals surface area contributed by atoms with Crippen molar-refractivity contribution < 1.29 is 27.5 Å². The Morgan fingerprint density at radius 2 is 2.00 bits per heavy atom. The van der Waals surface area contributed by atoms with Gasteiger partial charge in [-0.15, -0.1) is 0 Å². The summed E-state index contributed by atoms with van der Waals surface area (Å²) < 4.78 is 41.4. The maximum Gasteiger partial charge on any atom is 0.449 e. The Kier molecular flexibility index (Phi) is 2.25. The summed E-state index contributed by atoms with van der Waals surface area (Å²) in [6.07, 6.45) is -3.23. The van der Waals surface area contributed by atoms with Gasteiger partial charge in [-0.25, -0.2) is 0 Å². The zero-order chi connectivity index (χ0) is 12.0. The fraction of sp³-hybridized carbons (Fsp3) is 0.500. The van der Waals surface area contributed by atoms with E-state index in [2.05, 4.69) is 4.42 Å². The highest BCUT2D eigenvalue weighted by molar-refractivity contribution is 5.81. The molecule has 0 amide bonds. The van der Waals surface area contributed by atoms with Gasteiger partial charge in [0.05, 0.1) is 0 Å². The first-order valence-corrected chi connectivity index (χ1v) is 4.77. The predicted molar refractivity (Wildman–Crippen MR) is 46.9 cm³/mol. The summed E-state index contributed by atoms with van der Waals surface area (Å²) in [6.45, 7) is 0. The molecule has 1 N–H and O–H groups in total. The van der Waals surface area contributed by atoms with Crippen LogP contribution in [-0.2, 0) is 16.4 Å². The number of alkyl halides is 3. The van der Waals surface area contributed by atoms with Crippen molar-refractivity contribution >= 4 is 5.97 Å². The highest BCUT2D eigenvalue weighted by Crippen LogP contribution is 2.45. The largest absolute Gasteiger partial charge is 0.480 e. The van der Waals surface area contributed by atoms with Gasteiger partial charge in [-0.05, 0) is 25.0 Å². The lowest BCUT2D eigenvalue weighted by Gasteiger charge is -2.35. The average molecular weight is 234 g/mol. The molecule has 2 rings (SSSR count). The van der Waals surface area contributed by atoms with Gasteiger partial charge in [0.1, 0.15) is 11.2 Å². The Morgan fingerprint density at radius 3 is 2.31 bits per heavy atom. The zero-order valence-electron chi connectivity index (χ0n) is 8.17. The number of hydrogen-bond donors (Lipinski definition) is 1. The molecule has 0 unspecified atom stereocenters. The maximum absolute atomic E-state index is 12.3. The molecule has 1 aliphatic rings. The average Bonchev–Trinajstić information content (AvgIpc) is 2.48. The third-order valence-corrected chi connectivity index (χ3v) is 2.97. The Morgan fingerprint density at radius 1 is 1.38 bits per heavy atom. The molecule has 0 aromatic carbocycles. The molecule has 1 aromatic rings. The first kappa shape index (κ1) is 11.0. The molecule has 0 bridgehead atoms. The van der Waals surface area contributed by atoms with Crippen molar-refractivity contribution in [2.75, 3.05) is 0 Å². The van der Waals surface area contributed by atoms with Crippen LogP contribution in [0.3, 0.4) is 0 Å². The SMILES string of the molecule is O=C(O)C1(c2ccc(C(F)(F)F)o2)CCC1. The molecule has 1 saturated carbocycles. The van der Waals surface area contributed by atoms with Gasteiger partial charge >= 0.3 is 12.1 Å². The minimum atomic E-state index is -4.57. The summed E-state index contributed by atoms with van der Waals surface area (Å²) >= 11 is 0. The van der Waals surface area contributed by atoms with Crippen LogP contribution in [0.15, 0.2) is 16.5 Å². The lowest BCUT2D eigenvalue weighted by atomic mass is 9.67. The number of furan rings is 1. The molecule has 6 heteroatoms. The van der Waals surface area contributed by atoms with Gasteiger partial charge in [0, 0.05) is 0 Å². The number of carbonyl (C=O) groups is 1. The minimum absolute atomic E-state index is 0.0985. The van der Waals surface area contributed by atoms with Crippen molar-refractivity contribution in [1.82, 2.24) is 0 Å². The molecule has 0 radical (unpaired) electrons. The van der Waals surface area contributed by atoms with Crippen LogP contribution in [0.2, 0.25) is 0 Å². The topological polar surface area (TPSA) is 50.4 Å². The summed E-state index contributed by atoms with van der Waals surface area (Å²) in [5.74, 6) is -2.37. The van der Waals surface area contributed by atoms with Crippen LogP contribution < -0.4 is 0 Å². The van der Waals surface area contributed by atoms with Crippen molar-refractivity contribution in [3.8, 4) is 0 Å². The molecule has 0 spiro atoms. The van der Waals surface area contributed by atoms with Crippen molar-refractivity contribution in [2.24, 2.45) is 0 Å². The van der Waals surface area contributed by atoms with E-state index in [0.29, 0.717) is 19.3 Å². The summed E-state index contributed by atoms with van der Waals surface area (Å²) in [5.41, 5.74) is -1.25. The normalized spacial score (nSPS) is 19.2. The minimum Gasteiger partial charge on any atom is -0.480 e. The lowest BCUT2D eigenvalue weighted by Crippen LogP contribution is -2.41. The molecule has 3 nitrogen and oxygen atoms in total.